The van der Waals surface area contributed by atoms with E-state index in [4.69, 9.17) is 10.1 Å². The fourth-order valence-corrected chi connectivity index (χ4v) is 5.28. The number of nitrogens with two attached hydrogens (primary N) is 1. The minimum absolute atomic E-state index is 0.0482. The SMILES string of the molecule is CC(NC(=O)CSc1nc2c(n1-c1ccccc1)CCCC2)c1ccc(S(N)(=O)=O)cc1. The van der Waals surface area contributed by atoms with E-state index in [-0.39, 0.29) is 22.6 Å². The summed E-state index contributed by atoms with van der Waals surface area (Å²) in [7, 11) is -3.74. The van der Waals surface area contributed by atoms with Crippen LogP contribution in [0, 0.1) is 0 Å². The number of nitrogens with zero attached hydrogens (tertiary/aromatic N) is 2. The minimum Gasteiger partial charge on any atom is -0.349 e. The lowest BCUT2D eigenvalue weighted by Gasteiger charge is -2.16. The number of primary sulfonamides is 1. The Labute approximate surface area is 192 Å². The summed E-state index contributed by atoms with van der Waals surface area (Å²) in [5.74, 6) is 0.126. The first-order valence-electron chi connectivity index (χ1n) is 10.5. The zero-order valence-electron chi connectivity index (χ0n) is 17.8. The zero-order valence-corrected chi connectivity index (χ0v) is 19.5. The standard InChI is InChI=1S/C23H26N4O3S2/c1-16(17-11-13-19(14-12-17)32(24,29)30)25-22(28)15-31-23-26-20-9-5-6-10-21(20)27(23)18-7-3-2-4-8-18/h2-4,7-8,11-14,16H,5-6,9-10,15H2,1H3,(H,25,28)(H2,24,29,30). The fraction of sp³-hybridized carbons (Fsp3) is 0.304. The monoisotopic (exact) mass is 470 g/mol. The van der Waals surface area contributed by atoms with Gasteiger partial charge < -0.3 is 5.32 Å². The van der Waals surface area contributed by atoms with Gasteiger partial charge in [-0.3, -0.25) is 9.36 Å². The van der Waals surface area contributed by atoms with E-state index in [0.29, 0.717) is 0 Å². The highest BCUT2D eigenvalue weighted by molar-refractivity contribution is 7.99. The average Bonchev–Trinajstić information content (AvgIpc) is 3.16. The highest BCUT2D eigenvalue weighted by atomic mass is 32.2. The van der Waals surface area contributed by atoms with Crippen molar-refractivity contribution in [2.24, 2.45) is 5.14 Å². The number of aryl methyl sites for hydroxylation is 1. The number of carbonyl (C=O) groups excluding carboxylic acids is 1. The van der Waals surface area contributed by atoms with Crippen molar-refractivity contribution < 1.29 is 13.2 Å². The molecule has 1 unspecified atom stereocenters. The molecular formula is C23H26N4O3S2. The Morgan fingerprint density at radius 1 is 1.12 bits per heavy atom. The Balaban J connectivity index is 1.45. The molecule has 0 saturated carbocycles. The fourth-order valence-electron chi connectivity index (χ4n) is 3.90. The van der Waals surface area contributed by atoms with Gasteiger partial charge in [0.2, 0.25) is 15.9 Å². The van der Waals surface area contributed by atoms with Crippen LogP contribution in [0.4, 0.5) is 0 Å². The number of aromatic nitrogens is 2. The molecule has 3 N–H and O–H groups in total. The number of hydrogen-bond donors (Lipinski definition) is 2. The van der Waals surface area contributed by atoms with Crippen LogP contribution in [0.3, 0.4) is 0 Å². The smallest absolute Gasteiger partial charge is 0.238 e. The first kappa shape index (κ1) is 22.6. The molecule has 1 heterocycles. The highest BCUT2D eigenvalue weighted by Gasteiger charge is 2.22. The van der Waals surface area contributed by atoms with Gasteiger partial charge in [-0.25, -0.2) is 18.5 Å². The van der Waals surface area contributed by atoms with Crippen LogP contribution in [-0.2, 0) is 27.7 Å². The molecule has 0 radical (unpaired) electrons. The second kappa shape index (κ2) is 9.48. The predicted molar refractivity (Wildman–Crippen MR) is 125 cm³/mol. The number of fused-ring (bicyclic) bond motifs is 1. The van der Waals surface area contributed by atoms with E-state index in [1.54, 1.807) is 12.1 Å². The summed E-state index contributed by atoms with van der Waals surface area (Å²) in [5.41, 5.74) is 4.24. The second-order valence-electron chi connectivity index (χ2n) is 7.86. The Morgan fingerprint density at radius 3 is 2.50 bits per heavy atom. The van der Waals surface area contributed by atoms with Gasteiger partial charge in [-0.2, -0.15) is 0 Å². The van der Waals surface area contributed by atoms with Crippen LogP contribution >= 0.6 is 11.8 Å². The molecule has 4 rings (SSSR count). The van der Waals surface area contributed by atoms with Crippen molar-refractivity contribution in [3.63, 3.8) is 0 Å². The van der Waals surface area contributed by atoms with Crippen molar-refractivity contribution in [2.75, 3.05) is 5.75 Å². The molecule has 32 heavy (non-hydrogen) atoms. The van der Waals surface area contributed by atoms with E-state index >= 15 is 0 Å². The van der Waals surface area contributed by atoms with Gasteiger partial charge in [-0.05, 0) is 62.4 Å². The number of imidazole rings is 1. The predicted octanol–water partition coefficient (Wildman–Crippen LogP) is 3.37. The number of carbonyl (C=O) groups is 1. The largest absolute Gasteiger partial charge is 0.349 e. The van der Waals surface area contributed by atoms with Gasteiger partial charge in [0.25, 0.3) is 0 Å². The second-order valence-corrected chi connectivity index (χ2v) is 10.4. The van der Waals surface area contributed by atoms with Crippen LogP contribution in [0.5, 0.6) is 0 Å². The maximum absolute atomic E-state index is 12.6. The van der Waals surface area contributed by atoms with Crippen molar-refractivity contribution in [2.45, 2.75) is 48.7 Å². The van der Waals surface area contributed by atoms with Crippen LogP contribution < -0.4 is 10.5 Å². The number of amides is 1. The average molecular weight is 471 g/mol. The van der Waals surface area contributed by atoms with E-state index < -0.39 is 10.0 Å². The van der Waals surface area contributed by atoms with Crippen molar-refractivity contribution in [1.29, 1.82) is 0 Å². The molecule has 1 aromatic heterocycles. The van der Waals surface area contributed by atoms with Gasteiger partial charge in [0.15, 0.2) is 5.16 Å². The molecule has 1 atom stereocenters. The molecule has 0 spiro atoms. The summed E-state index contributed by atoms with van der Waals surface area (Å²) in [4.78, 5) is 17.5. The summed E-state index contributed by atoms with van der Waals surface area (Å²) in [5, 5.41) is 8.95. The van der Waals surface area contributed by atoms with Gasteiger partial charge in [0.1, 0.15) is 0 Å². The Kier molecular flexibility index (Phi) is 6.68. The van der Waals surface area contributed by atoms with E-state index in [2.05, 4.69) is 22.0 Å². The highest BCUT2D eigenvalue weighted by Crippen LogP contribution is 2.30. The molecule has 0 aliphatic heterocycles. The van der Waals surface area contributed by atoms with Crippen LogP contribution in [0.2, 0.25) is 0 Å². The number of rotatable bonds is 7. The first-order valence-corrected chi connectivity index (χ1v) is 13.1. The summed E-state index contributed by atoms with van der Waals surface area (Å²) >= 11 is 1.43. The van der Waals surface area contributed by atoms with Crippen molar-refractivity contribution in [3.8, 4) is 5.69 Å². The molecule has 1 amide bonds. The molecule has 1 aliphatic rings. The molecule has 0 bridgehead atoms. The first-order chi connectivity index (χ1) is 15.3. The normalized spacial score (nSPS) is 14.6. The lowest BCUT2D eigenvalue weighted by Crippen LogP contribution is -2.28. The molecule has 2 aromatic carbocycles. The molecule has 168 valence electrons. The Bertz CT molecular complexity index is 1210. The lowest BCUT2D eigenvalue weighted by atomic mass is 10.0. The van der Waals surface area contributed by atoms with Gasteiger partial charge in [0.05, 0.1) is 22.4 Å². The van der Waals surface area contributed by atoms with Gasteiger partial charge in [-0.15, -0.1) is 0 Å². The van der Waals surface area contributed by atoms with Crippen LogP contribution in [0.1, 0.15) is 42.8 Å². The third-order valence-corrected chi connectivity index (χ3v) is 7.40. The Morgan fingerprint density at radius 2 is 1.81 bits per heavy atom. The van der Waals surface area contributed by atoms with Crippen LogP contribution in [0.15, 0.2) is 64.6 Å². The molecule has 0 fully saturated rings. The van der Waals surface area contributed by atoms with Gasteiger partial charge in [-0.1, -0.05) is 42.1 Å². The minimum atomic E-state index is -3.74. The quantitative estimate of drug-likeness (QED) is 0.515. The number of hydrogen-bond acceptors (Lipinski definition) is 5. The number of para-hydroxylation sites is 1. The number of benzene rings is 2. The van der Waals surface area contributed by atoms with Crippen molar-refractivity contribution >= 4 is 27.7 Å². The molecule has 3 aromatic rings. The Hall–Kier alpha value is -2.62. The number of sulfonamides is 1. The summed E-state index contributed by atoms with van der Waals surface area (Å²) < 4.78 is 25.0. The lowest BCUT2D eigenvalue weighted by molar-refractivity contribution is -0.119. The topological polar surface area (TPSA) is 107 Å². The molecule has 1 aliphatic carbocycles. The maximum atomic E-state index is 12.6. The third-order valence-electron chi connectivity index (χ3n) is 5.53. The van der Waals surface area contributed by atoms with E-state index in [0.717, 1.165) is 47.8 Å². The number of nitrogens with one attached hydrogen (secondary N) is 1. The van der Waals surface area contributed by atoms with E-state index in [1.165, 1.54) is 29.6 Å². The number of thioether (sulfide) groups is 1. The van der Waals surface area contributed by atoms with E-state index in [9.17, 15) is 13.2 Å². The summed E-state index contributed by atoms with van der Waals surface area (Å²) in [6, 6.07) is 16.1. The van der Waals surface area contributed by atoms with Gasteiger partial charge in [0, 0.05) is 11.4 Å². The van der Waals surface area contributed by atoms with Crippen molar-refractivity contribution in [1.82, 2.24) is 14.9 Å². The molecule has 0 saturated heterocycles. The maximum Gasteiger partial charge on any atom is 0.238 e. The molecular weight excluding hydrogens is 444 g/mol. The van der Waals surface area contributed by atoms with Crippen LogP contribution in [0.25, 0.3) is 5.69 Å². The van der Waals surface area contributed by atoms with Crippen LogP contribution in [-0.4, -0.2) is 29.6 Å². The van der Waals surface area contributed by atoms with E-state index in [1.807, 2.05) is 25.1 Å². The van der Waals surface area contributed by atoms with Crippen molar-refractivity contribution in [3.05, 3.63) is 71.5 Å². The summed E-state index contributed by atoms with van der Waals surface area (Å²) in [6.45, 7) is 1.86. The summed E-state index contributed by atoms with van der Waals surface area (Å²) in [6.07, 6.45) is 4.26. The molecule has 9 heteroatoms. The van der Waals surface area contributed by atoms with Gasteiger partial charge >= 0.3 is 0 Å². The molecule has 7 nitrogen and oxygen atoms in total. The zero-order chi connectivity index (χ0) is 22.7. The third kappa shape index (κ3) is 5.06.